The predicted octanol–water partition coefficient (Wildman–Crippen LogP) is 3.28. The zero-order valence-corrected chi connectivity index (χ0v) is 19.1. The normalized spacial score (nSPS) is 15.6. The summed E-state index contributed by atoms with van der Waals surface area (Å²) in [6.45, 7) is 6.36. The number of aliphatic imine (C=N–C) groups is 1. The summed E-state index contributed by atoms with van der Waals surface area (Å²) < 4.78 is 5.57. The summed E-state index contributed by atoms with van der Waals surface area (Å²) in [6, 6.07) is 11.8. The summed E-state index contributed by atoms with van der Waals surface area (Å²) in [5, 5.41) is 9.56. The number of halogens is 1. The number of amides is 1. The van der Waals surface area contributed by atoms with Crippen molar-refractivity contribution in [2.45, 2.75) is 32.7 Å². The lowest BCUT2D eigenvalue weighted by Crippen LogP contribution is -2.40. The number of fused-ring (bicyclic) bond motifs is 1. The van der Waals surface area contributed by atoms with Gasteiger partial charge in [0.2, 0.25) is 11.8 Å². The molecule has 3 N–H and O–H groups in total. The number of ether oxygens (including phenoxy) is 1. The van der Waals surface area contributed by atoms with Crippen LogP contribution in [0.2, 0.25) is 0 Å². The molecule has 29 heavy (non-hydrogen) atoms. The molecule has 0 aliphatic carbocycles. The first kappa shape index (κ1) is 22.9. The maximum atomic E-state index is 12.0. The van der Waals surface area contributed by atoms with Crippen molar-refractivity contribution < 1.29 is 9.53 Å². The number of carbonyl (C=O) groups excluding carboxylic acids is 1. The molecular formula is C21H28IN5O2. The Morgan fingerprint density at radius 1 is 1.24 bits per heavy atom. The van der Waals surface area contributed by atoms with Crippen LogP contribution in [0.25, 0.3) is 0 Å². The van der Waals surface area contributed by atoms with E-state index in [4.69, 9.17) is 4.74 Å². The van der Waals surface area contributed by atoms with E-state index in [0.29, 0.717) is 38.0 Å². The minimum Gasteiger partial charge on any atom is -0.478 e. The molecule has 156 valence electrons. The molecule has 0 saturated heterocycles. The number of pyridine rings is 1. The Hall–Kier alpha value is -2.36. The van der Waals surface area contributed by atoms with E-state index in [2.05, 4.69) is 32.0 Å². The van der Waals surface area contributed by atoms with Crippen LogP contribution in [0.5, 0.6) is 5.88 Å². The van der Waals surface area contributed by atoms with Gasteiger partial charge in [0.15, 0.2) is 5.96 Å². The van der Waals surface area contributed by atoms with Crippen LogP contribution in [-0.2, 0) is 11.3 Å². The van der Waals surface area contributed by atoms with Crippen molar-refractivity contribution in [2.24, 2.45) is 4.99 Å². The SMILES string of the molecule is CCNC(=NCc1cccnc1OCC)NCC1CC(=O)Nc2ccccc21.I. The van der Waals surface area contributed by atoms with Crippen LogP contribution >= 0.6 is 24.0 Å². The number of nitrogens with zero attached hydrogens (tertiary/aromatic N) is 2. The molecule has 1 unspecified atom stereocenters. The summed E-state index contributed by atoms with van der Waals surface area (Å²) >= 11 is 0. The topological polar surface area (TPSA) is 87.6 Å². The Bertz CT molecular complexity index is 843. The van der Waals surface area contributed by atoms with Crippen molar-refractivity contribution in [3.63, 3.8) is 0 Å². The van der Waals surface area contributed by atoms with Crippen LogP contribution < -0.4 is 20.7 Å². The highest BCUT2D eigenvalue weighted by atomic mass is 127. The Morgan fingerprint density at radius 3 is 2.86 bits per heavy atom. The van der Waals surface area contributed by atoms with Gasteiger partial charge in [0.1, 0.15) is 0 Å². The van der Waals surface area contributed by atoms with Crippen molar-refractivity contribution >= 4 is 41.5 Å². The number of carbonyl (C=O) groups is 1. The van der Waals surface area contributed by atoms with Crippen LogP contribution in [-0.4, -0.2) is 36.5 Å². The molecule has 8 heteroatoms. The first-order valence-electron chi connectivity index (χ1n) is 9.68. The van der Waals surface area contributed by atoms with Crippen LogP contribution in [0.15, 0.2) is 47.6 Å². The number of para-hydroxylation sites is 1. The highest BCUT2D eigenvalue weighted by Gasteiger charge is 2.24. The zero-order valence-electron chi connectivity index (χ0n) is 16.8. The van der Waals surface area contributed by atoms with E-state index in [9.17, 15) is 4.79 Å². The summed E-state index contributed by atoms with van der Waals surface area (Å²) in [7, 11) is 0. The highest BCUT2D eigenvalue weighted by Crippen LogP contribution is 2.31. The smallest absolute Gasteiger partial charge is 0.225 e. The lowest BCUT2D eigenvalue weighted by Gasteiger charge is -2.26. The van der Waals surface area contributed by atoms with Crippen LogP contribution in [0, 0.1) is 0 Å². The van der Waals surface area contributed by atoms with Gasteiger partial charge in [-0.25, -0.2) is 9.98 Å². The number of benzene rings is 1. The lowest BCUT2D eigenvalue weighted by atomic mass is 9.90. The van der Waals surface area contributed by atoms with Gasteiger partial charge in [-0.1, -0.05) is 24.3 Å². The minimum absolute atomic E-state index is 0. The van der Waals surface area contributed by atoms with E-state index in [1.165, 1.54) is 0 Å². The molecule has 1 aliphatic heterocycles. The summed E-state index contributed by atoms with van der Waals surface area (Å²) in [5.41, 5.74) is 2.98. The van der Waals surface area contributed by atoms with Gasteiger partial charge in [0.05, 0.1) is 13.2 Å². The summed E-state index contributed by atoms with van der Waals surface area (Å²) in [6.07, 6.45) is 2.17. The maximum absolute atomic E-state index is 12.0. The van der Waals surface area contributed by atoms with Crippen molar-refractivity contribution in [1.29, 1.82) is 0 Å². The second-order valence-corrected chi connectivity index (χ2v) is 6.51. The molecule has 0 radical (unpaired) electrons. The molecule has 2 aromatic rings. The van der Waals surface area contributed by atoms with Gasteiger partial charge in [-0.2, -0.15) is 0 Å². The third-order valence-electron chi connectivity index (χ3n) is 4.51. The second-order valence-electron chi connectivity index (χ2n) is 6.51. The molecule has 1 atom stereocenters. The van der Waals surface area contributed by atoms with E-state index in [-0.39, 0.29) is 35.8 Å². The van der Waals surface area contributed by atoms with Gasteiger partial charge >= 0.3 is 0 Å². The van der Waals surface area contributed by atoms with Gasteiger partial charge < -0.3 is 20.7 Å². The number of aromatic nitrogens is 1. The van der Waals surface area contributed by atoms with Crippen molar-refractivity contribution in [1.82, 2.24) is 15.6 Å². The fourth-order valence-electron chi connectivity index (χ4n) is 3.22. The molecule has 2 heterocycles. The fraction of sp³-hybridized carbons (Fsp3) is 0.381. The monoisotopic (exact) mass is 509 g/mol. The third-order valence-corrected chi connectivity index (χ3v) is 4.51. The number of hydrogen-bond donors (Lipinski definition) is 3. The standard InChI is InChI=1S/C21H27N5O2.HI/c1-3-22-21(24-13-15-8-7-11-23-20(15)28-4-2)25-14-16-12-19(27)26-18-10-6-5-9-17(16)18;/h5-11,16H,3-4,12-14H2,1-2H3,(H,26,27)(H2,22,24,25);1H. The van der Waals surface area contributed by atoms with Crippen molar-refractivity contribution in [2.75, 3.05) is 25.0 Å². The first-order chi connectivity index (χ1) is 13.7. The maximum Gasteiger partial charge on any atom is 0.225 e. The largest absolute Gasteiger partial charge is 0.478 e. The Balaban J connectivity index is 0.00000300. The van der Waals surface area contributed by atoms with E-state index < -0.39 is 0 Å². The molecule has 1 amide bonds. The zero-order chi connectivity index (χ0) is 19.8. The molecule has 1 aromatic heterocycles. The summed E-state index contributed by atoms with van der Waals surface area (Å²) in [5.74, 6) is 1.47. The molecule has 0 saturated carbocycles. The molecule has 7 nitrogen and oxygen atoms in total. The average molecular weight is 509 g/mol. The average Bonchev–Trinajstić information content (AvgIpc) is 2.71. The Kier molecular flexibility index (Phi) is 9.17. The second kappa shape index (κ2) is 11.6. The number of hydrogen-bond acceptors (Lipinski definition) is 4. The highest BCUT2D eigenvalue weighted by molar-refractivity contribution is 14.0. The predicted molar refractivity (Wildman–Crippen MR) is 126 cm³/mol. The van der Waals surface area contributed by atoms with Gasteiger partial charge in [-0.05, 0) is 31.5 Å². The number of anilines is 1. The molecule has 1 aromatic carbocycles. The number of rotatable bonds is 7. The summed E-state index contributed by atoms with van der Waals surface area (Å²) in [4.78, 5) is 20.9. The van der Waals surface area contributed by atoms with Crippen LogP contribution in [0.4, 0.5) is 5.69 Å². The third kappa shape index (κ3) is 6.31. The van der Waals surface area contributed by atoms with Crippen LogP contribution in [0.1, 0.15) is 37.3 Å². The molecule has 3 rings (SSSR count). The van der Waals surface area contributed by atoms with Crippen molar-refractivity contribution in [3.05, 3.63) is 53.7 Å². The Morgan fingerprint density at radius 2 is 2.07 bits per heavy atom. The molecule has 0 bridgehead atoms. The quantitative estimate of drug-likeness (QED) is 0.303. The molecule has 1 aliphatic rings. The van der Waals surface area contributed by atoms with E-state index in [0.717, 1.165) is 23.4 Å². The van der Waals surface area contributed by atoms with E-state index in [1.54, 1.807) is 6.20 Å². The molecule has 0 spiro atoms. The van der Waals surface area contributed by atoms with Crippen LogP contribution in [0.3, 0.4) is 0 Å². The molecule has 0 fully saturated rings. The Labute approximate surface area is 188 Å². The van der Waals surface area contributed by atoms with Crippen molar-refractivity contribution in [3.8, 4) is 5.88 Å². The number of nitrogens with one attached hydrogen (secondary N) is 3. The van der Waals surface area contributed by atoms with Gasteiger partial charge in [0, 0.05) is 42.9 Å². The fourth-order valence-corrected chi connectivity index (χ4v) is 3.22. The first-order valence-corrected chi connectivity index (χ1v) is 9.68. The number of guanidine groups is 1. The van der Waals surface area contributed by atoms with Gasteiger partial charge in [-0.15, -0.1) is 24.0 Å². The molecular weight excluding hydrogens is 481 g/mol. The van der Waals surface area contributed by atoms with E-state index >= 15 is 0 Å². The van der Waals surface area contributed by atoms with E-state index in [1.807, 2.05) is 44.2 Å². The minimum atomic E-state index is 0. The van der Waals surface area contributed by atoms with Gasteiger partial charge in [-0.3, -0.25) is 4.79 Å². The van der Waals surface area contributed by atoms with Gasteiger partial charge in [0.25, 0.3) is 0 Å². The lowest BCUT2D eigenvalue weighted by molar-refractivity contribution is -0.116.